The van der Waals surface area contributed by atoms with Gasteiger partial charge in [-0.1, -0.05) is 6.42 Å². The summed E-state index contributed by atoms with van der Waals surface area (Å²) in [5.74, 6) is -1.95. The van der Waals surface area contributed by atoms with Crippen LogP contribution in [-0.2, 0) is 19.3 Å². The van der Waals surface area contributed by atoms with Gasteiger partial charge in [0, 0.05) is 25.0 Å². The van der Waals surface area contributed by atoms with Crippen molar-refractivity contribution in [1.29, 1.82) is 0 Å². The van der Waals surface area contributed by atoms with Crippen molar-refractivity contribution in [3.05, 3.63) is 0 Å². The van der Waals surface area contributed by atoms with E-state index < -0.39 is 41.0 Å². The molecule has 0 aromatic rings. The number of nitrogens with zero attached hydrogens (tertiary/aromatic N) is 1. The lowest BCUT2D eigenvalue weighted by molar-refractivity contribution is -0.144. The highest BCUT2D eigenvalue weighted by molar-refractivity contribution is 7.84. The van der Waals surface area contributed by atoms with Crippen LogP contribution < -0.4 is 11.5 Å². The molecule has 132 valence electrons. The number of hydrogen-bond donors (Lipinski definition) is 5. The zero-order valence-electron chi connectivity index (χ0n) is 12.5. The molecule has 2 aliphatic rings. The first-order valence-corrected chi connectivity index (χ1v) is 8.75. The van der Waals surface area contributed by atoms with Crippen LogP contribution in [0, 0.1) is 5.92 Å². The Morgan fingerprint density at radius 1 is 1.43 bits per heavy atom. The van der Waals surface area contributed by atoms with Crippen molar-refractivity contribution in [2.24, 2.45) is 17.4 Å². The van der Waals surface area contributed by atoms with Gasteiger partial charge in [0.05, 0.1) is 6.10 Å². The van der Waals surface area contributed by atoms with Gasteiger partial charge in [-0.05, 0) is 19.2 Å². The van der Waals surface area contributed by atoms with Gasteiger partial charge in [0.2, 0.25) is 0 Å². The molecule has 10 nitrogen and oxygen atoms in total. The van der Waals surface area contributed by atoms with Gasteiger partial charge in [0.1, 0.15) is 5.54 Å². The van der Waals surface area contributed by atoms with E-state index in [1.54, 1.807) is 0 Å². The van der Waals surface area contributed by atoms with Gasteiger partial charge in [0.25, 0.3) is 0 Å². The third-order valence-electron chi connectivity index (χ3n) is 4.34. The lowest BCUT2D eigenvalue weighted by atomic mass is 9.78. The van der Waals surface area contributed by atoms with Gasteiger partial charge in [0.15, 0.2) is 0 Å². The predicted octanol–water partition coefficient (Wildman–Crippen LogP) is -2.69. The number of nitrogens with two attached hydrogens (primary N) is 2. The van der Waals surface area contributed by atoms with Crippen molar-refractivity contribution >= 4 is 23.4 Å². The number of carbonyl (C=O) groups is 1. The van der Waals surface area contributed by atoms with Gasteiger partial charge in [-0.3, -0.25) is 8.98 Å². The van der Waals surface area contributed by atoms with Crippen LogP contribution in [0.4, 0.5) is 0 Å². The van der Waals surface area contributed by atoms with E-state index in [0.717, 1.165) is 4.31 Å². The Morgan fingerprint density at radius 2 is 2.04 bits per heavy atom. The van der Waals surface area contributed by atoms with Crippen molar-refractivity contribution in [2.45, 2.75) is 43.3 Å². The van der Waals surface area contributed by atoms with Crippen LogP contribution in [0.15, 0.2) is 0 Å². The fourth-order valence-electron chi connectivity index (χ4n) is 2.72. The Balaban J connectivity index is 2.05. The first-order valence-electron chi connectivity index (χ1n) is 7.38. The van der Waals surface area contributed by atoms with E-state index in [4.69, 9.17) is 25.7 Å². The molecular formula is C11H22BN3O7S. The SMILES string of the molecule is N[C@H]1C[C@@H]1OS(=O)(=O)N1C[C@H](CCCB(O)O)[C@](N)(C(=O)O)C1. The van der Waals surface area contributed by atoms with Crippen LogP contribution in [0.5, 0.6) is 0 Å². The molecule has 1 aliphatic heterocycles. The molecular weight excluding hydrogens is 329 g/mol. The molecule has 0 unspecified atom stereocenters. The van der Waals surface area contributed by atoms with Crippen LogP contribution in [0.1, 0.15) is 19.3 Å². The molecule has 23 heavy (non-hydrogen) atoms. The lowest BCUT2D eigenvalue weighted by Crippen LogP contribution is -2.55. The number of aliphatic carboxylic acids is 1. The summed E-state index contributed by atoms with van der Waals surface area (Å²) in [6, 6.07) is -0.323. The van der Waals surface area contributed by atoms with Crippen LogP contribution in [0.25, 0.3) is 0 Å². The summed E-state index contributed by atoms with van der Waals surface area (Å²) in [4.78, 5) is 11.5. The molecule has 2 fully saturated rings. The lowest BCUT2D eigenvalue weighted by Gasteiger charge is -2.25. The second-order valence-electron chi connectivity index (χ2n) is 6.24. The molecule has 0 amide bonds. The van der Waals surface area contributed by atoms with Crippen molar-refractivity contribution in [1.82, 2.24) is 4.31 Å². The molecule has 1 saturated carbocycles. The standard InChI is InChI=1S/C11H22BN3O7S/c13-8-4-9(8)22-23(20,21)15-5-7(2-1-3-12(18)19)11(14,6-15)10(16)17/h7-9,18-19H,1-6,13-14H2,(H,16,17)/t7-,8-,9-,11-/m0/s1. The minimum absolute atomic E-state index is 0.0619. The van der Waals surface area contributed by atoms with Crippen molar-refractivity contribution < 1.29 is 32.5 Å². The van der Waals surface area contributed by atoms with E-state index in [9.17, 15) is 18.3 Å². The van der Waals surface area contributed by atoms with E-state index in [1.165, 1.54) is 0 Å². The number of carboxylic acids is 1. The summed E-state index contributed by atoms with van der Waals surface area (Å²) < 4.78 is 30.2. The first kappa shape index (κ1) is 18.6. The highest BCUT2D eigenvalue weighted by atomic mass is 32.2. The van der Waals surface area contributed by atoms with Crippen molar-refractivity contribution in [3.8, 4) is 0 Å². The summed E-state index contributed by atoms with van der Waals surface area (Å²) in [5, 5.41) is 27.1. The summed E-state index contributed by atoms with van der Waals surface area (Å²) in [6.07, 6.45) is 0.511. The normalized spacial score (nSPS) is 34.5. The number of carboxylic acid groups (broad SMARTS) is 1. The van der Waals surface area contributed by atoms with Crippen LogP contribution in [0.3, 0.4) is 0 Å². The second-order valence-corrected chi connectivity index (χ2v) is 7.80. The molecule has 1 saturated heterocycles. The van der Waals surface area contributed by atoms with Crippen molar-refractivity contribution in [3.63, 3.8) is 0 Å². The molecule has 0 bridgehead atoms. The minimum Gasteiger partial charge on any atom is -0.480 e. The molecule has 0 aromatic heterocycles. The summed E-state index contributed by atoms with van der Waals surface area (Å²) in [6.45, 7) is -0.479. The third kappa shape index (κ3) is 4.21. The Bertz CT molecular complexity index is 560. The number of hydrogen-bond acceptors (Lipinski definition) is 8. The monoisotopic (exact) mass is 351 g/mol. The fourth-order valence-corrected chi connectivity index (χ4v) is 4.11. The largest absolute Gasteiger partial charge is 0.480 e. The quantitative estimate of drug-likeness (QED) is 0.291. The van der Waals surface area contributed by atoms with Crippen LogP contribution in [0.2, 0.25) is 6.32 Å². The smallest absolute Gasteiger partial charge is 0.451 e. The van der Waals surface area contributed by atoms with Crippen LogP contribution in [-0.4, -0.2) is 71.7 Å². The Labute approximate surface area is 134 Å². The molecule has 0 radical (unpaired) electrons. The molecule has 0 aromatic carbocycles. The highest BCUT2D eigenvalue weighted by Crippen LogP contribution is 2.34. The maximum absolute atomic E-state index is 12.2. The summed E-state index contributed by atoms with van der Waals surface area (Å²) in [7, 11) is -5.59. The molecule has 7 N–H and O–H groups in total. The topological polar surface area (TPSA) is 176 Å². The predicted molar refractivity (Wildman–Crippen MR) is 80.2 cm³/mol. The molecule has 1 aliphatic carbocycles. The molecule has 1 heterocycles. The maximum atomic E-state index is 12.2. The molecule has 4 atom stereocenters. The van der Waals surface area contributed by atoms with Crippen molar-refractivity contribution in [2.75, 3.05) is 13.1 Å². The summed E-state index contributed by atoms with van der Waals surface area (Å²) >= 11 is 0. The summed E-state index contributed by atoms with van der Waals surface area (Å²) in [5.41, 5.74) is 9.70. The second kappa shape index (κ2) is 6.63. The third-order valence-corrected chi connectivity index (χ3v) is 5.74. The molecule has 2 rings (SSSR count). The first-order chi connectivity index (χ1) is 10.6. The Hall–Kier alpha value is -0.755. The van der Waals surface area contributed by atoms with E-state index in [2.05, 4.69) is 0 Å². The number of rotatable bonds is 8. The van der Waals surface area contributed by atoms with Gasteiger partial charge >= 0.3 is 23.4 Å². The van der Waals surface area contributed by atoms with E-state index in [0.29, 0.717) is 12.8 Å². The average molecular weight is 351 g/mol. The molecule has 0 spiro atoms. The fraction of sp³-hybridized carbons (Fsp3) is 0.909. The van der Waals surface area contributed by atoms with Gasteiger partial charge < -0.3 is 26.6 Å². The van der Waals surface area contributed by atoms with Gasteiger partial charge in [-0.25, -0.2) is 0 Å². The minimum atomic E-state index is -4.10. The zero-order valence-corrected chi connectivity index (χ0v) is 13.4. The Morgan fingerprint density at radius 3 is 2.52 bits per heavy atom. The van der Waals surface area contributed by atoms with E-state index >= 15 is 0 Å². The van der Waals surface area contributed by atoms with Gasteiger partial charge in [-0.2, -0.15) is 12.7 Å². The zero-order chi connectivity index (χ0) is 17.4. The maximum Gasteiger partial charge on any atom is 0.451 e. The van der Waals surface area contributed by atoms with E-state index in [1.807, 2.05) is 0 Å². The van der Waals surface area contributed by atoms with Crippen LogP contribution >= 0.6 is 0 Å². The average Bonchev–Trinajstić information content (AvgIpc) is 2.96. The highest BCUT2D eigenvalue weighted by Gasteiger charge is 2.53. The van der Waals surface area contributed by atoms with Gasteiger partial charge in [-0.15, -0.1) is 0 Å². The molecule has 12 heteroatoms. The van der Waals surface area contributed by atoms with E-state index in [-0.39, 0.29) is 31.9 Å². The Kier molecular flexibility index (Phi) is 5.35.